The van der Waals surface area contributed by atoms with Crippen LogP contribution < -0.4 is 9.88 Å². The Labute approximate surface area is 125 Å². The second-order valence-corrected chi connectivity index (χ2v) is 6.91. The third kappa shape index (κ3) is 4.67. The van der Waals surface area contributed by atoms with Crippen LogP contribution >= 0.6 is 0 Å². The van der Waals surface area contributed by atoms with Gasteiger partial charge in [-0.15, -0.1) is 0 Å². The van der Waals surface area contributed by atoms with Gasteiger partial charge in [-0.1, -0.05) is 0 Å². The molecule has 6 nitrogen and oxygen atoms in total. The van der Waals surface area contributed by atoms with Gasteiger partial charge < -0.3 is 9.47 Å². The predicted octanol–water partition coefficient (Wildman–Crippen LogP) is 0.822. The zero-order chi connectivity index (χ0) is 15.5. The fourth-order valence-corrected chi connectivity index (χ4v) is 2.81. The van der Waals surface area contributed by atoms with Crippen LogP contribution in [0.5, 0.6) is 5.75 Å². The fourth-order valence-electron chi connectivity index (χ4n) is 2.29. The van der Waals surface area contributed by atoms with E-state index in [4.69, 9.17) is 14.6 Å². The van der Waals surface area contributed by atoms with Crippen LogP contribution in [0.2, 0.25) is 0 Å². The first kappa shape index (κ1) is 16.2. The molecule has 0 amide bonds. The minimum absolute atomic E-state index is 0.0884. The molecule has 1 aliphatic heterocycles. The summed E-state index contributed by atoms with van der Waals surface area (Å²) in [4.78, 5) is 2.41. The summed E-state index contributed by atoms with van der Waals surface area (Å²) in [5.41, 5.74) is 0. The van der Waals surface area contributed by atoms with Gasteiger partial charge in [0.15, 0.2) is 0 Å². The lowest BCUT2D eigenvalue weighted by atomic mass is 10.2. The molecular weight excluding hydrogens is 292 g/mol. The molecule has 0 radical (unpaired) electrons. The highest BCUT2D eigenvalue weighted by atomic mass is 32.2. The number of nitrogens with zero attached hydrogens (tertiary/aromatic N) is 1. The number of nitrogens with two attached hydrogens (primary N) is 1. The van der Waals surface area contributed by atoms with Crippen molar-refractivity contribution < 1.29 is 17.9 Å². The molecule has 118 valence electrons. The molecule has 1 saturated heterocycles. The summed E-state index contributed by atoms with van der Waals surface area (Å²) in [5, 5.41) is 5.05. The zero-order valence-electron chi connectivity index (χ0n) is 12.4. The van der Waals surface area contributed by atoms with E-state index < -0.39 is 10.0 Å². The largest absolute Gasteiger partial charge is 0.492 e. The highest BCUT2D eigenvalue weighted by Crippen LogP contribution is 2.15. The number of rotatable bonds is 5. The van der Waals surface area contributed by atoms with Crippen LogP contribution in [0.15, 0.2) is 29.2 Å². The first-order valence-corrected chi connectivity index (χ1v) is 8.52. The van der Waals surface area contributed by atoms with Gasteiger partial charge in [-0.3, -0.25) is 4.90 Å². The van der Waals surface area contributed by atoms with Crippen molar-refractivity contribution in [1.29, 1.82) is 0 Å². The highest BCUT2D eigenvalue weighted by Gasteiger charge is 2.22. The fraction of sp³-hybridized carbons (Fsp3) is 0.571. The Kier molecular flexibility index (Phi) is 5.21. The summed E-state index contributed by atoms with van der Waals surface area (Å²) in [6.45, 7) is 7.19. The van der Waals surface area contributed by atoms with E-state index in [1.54, 1.807) is 12.1 Å². The van der Waals surface area contributed by atoms with Crippen molar-refractivity contribution in [3.63, 3.8) is 0 Å². The van der Waals surface area contributed by atoms with E-state index in [0.717, 1.165) is 19.7 Å². The van der Waals surface area contributed by atoms with E-state index in [1.807, 2.05) is 0 Å². The van der Waals surface area contributed by atoms with E-state index in [9.17, 15) is 8.42 Å². The van der Waals surface area contributed by atoms with E-state index in [2.05, 4.69) is 18.7 Å². The van der Waals surface area contributed by atoms with E-state index in [0.29, 0.717) is 18.4 Å². The Morgan fingerprint density at radius 1 is 1.33 bits per heavy atom. The maximum absolute atomic E-state index is 11.2. The smallest absolute Gasteiger partial charge is 0.238 e. The SMILES string of the molecule is C[C@@H]1CO[C@@H](C)CN1CCOc1ccc(S(N)(=O)=O)cc1. The van der Waals surface area contributed by atoms with E-state index in [1.165, 1.54) is 12.1 Å². The maximum atomic E-state index is 11.2. The molecular formula is C14H22N2O4S. The van der Waals surface area contributed by atoms with Crippen LogP contribution in [-0.4, -0.2) is 51.8 Å². The van der Waals surface area contributed by atoms with Crippen molar-refractivity contribution >= 4 is 10.0 Å². The number of benzene rings is 1. The van der Waals surface area contributed by atoms with Crippen LogP contribution in [0.1, 0.15) is 13.8 Å². The van der Waals surface area contributed by atoms with Gasteiger partial charge in [0.25, 0.3) is 0 Å². The third-order valence-corrected chi connectivity index (χ3v) is 4.47. The lowest BCUT2D eigenvalue weighted by Gasteiger charge is -2.36. The number of morpholine rings is 1. The Morgan fingerprint density at radius 3 is 2.62 bits per heavy atom. The Balaban J connectivity index is 1.83. The predicted molar refractivity (Wildman–Crippen MR) is 79.8 cm³/mol. The van der Waals surface area contributed by atoms with Gasteiger partial charge in [0.1, 0.15) is 12.4 Å². The monoisotopic (exact) mass is 314 g/mol. The van der Waals surface area contributed by atoms with Crippen molar-refractivity contribution in [2.75, 3.05) is 26.3 Å². The highest BCUT2D eigenvalue weighted by molar-refractivity contribution is 7.89. The Bertz CT molecular complexity index is 559. The van der Waals surface area contributed by atoms with Gasteiger partial charge in [-0.25, -0.2) is 13.6 Å². The molecule has 7 heteroatoms. The van der Waals surface area contributed by atoms with E-state index >= 15 is 0 Å². The lowest BCUT2D eigenvalue weighted by Crippen LogP contribution is -2.48. The lowest BCUT2D eigenvalue weighted by molar-refractivity contribution is -0.0522. The molecule has 0 unspecified atom stereocenters. The summed E-state index contributed by atoms with van der Waals surface area (Å²) in [5.74, 6) is 0.636. The van der Waals surface area contributed by atoms with Crippen molar-refractivity contribution in [3.05, 3.63) is 24.3 Å². The molecule has 2 N–H and O–H groups in total. The second-order valence-electron chi connectivity index (χ2n) is 5.35. The average molecular weight is 314 g/mol. The molecule has 2 atom stereocenters. The molecule has 0 spiro atoms. The minimum atomic E-state index is -3.65. The summed E-state index contributed by atoms with van der Waals surface area (Å²) >= 11 is 0. The molecule has 0 aliphatic carbocycles. The molecule has 2 rings (SSSR count). The van der Waals surface area contributed by atoms with Crippen LogP contribution in [0.3, 0.4) is 0 Å². The van der Waals surface area contributed by atoms with Crippen molar-refractivity contribution in [2.45, 2.75) is 30.9 Å². The van der Waals surface area contributed by atoms with Gasteiger partial charge in [0.05, 0.1) is 17.6 Å². The number of hydrogen-bond acceptors (Lipinski definition) is 5. The molecule has 0 bridgehead atoms. The van der Waals surface area contributed by atoms with E-state index in [-0.39, 0.29) is 11.0 Å². The van der Waals surface area contributed by atoms with Gasteiger partial charge in [0, 0.05) is 19.1 Å². The van der Waals surface area contributed by atoms with Gasteiger partial charge in [-0.2, -0.15) is 0 Å². The van der Waals surface area contributed by atoms with Gasteiger partial charge in [0.2, 0.25) is 10.0 Å². The van der Waals surface area contributed by atoms with Gasteiger partial charge >= 0.3 is 0 Å². The zero-order valence-corrected chi connectivity index (χ0v) is 13.2. The second kappa shape index (κ2) is 6.74. The summed E-state index contributed by atoms with van der Waals surface area (Å²) < 4.78 is 33.5. The molecule has 0 aromatic heterocycles. The molecule has 1 heterocycles. The first-order valence-electron chi connectivity index (χ1n) is 6.97. The average Bonchev–Trinajstić information content (AvgIpc) is 2.42. The van der Waals surface area contributed by atoms with Crippen LogP contribution in [0.4, 0.5) is 0 Å². The third-order valence-electron chi connectivity index (χ3n) is 3.54. The molecule has 0 saturated carbocycles. The standard InChI is InChI=1S/C14H22N2O4S/c1-11-10-20-12(2)9-16(11)7-8-19-13-3-5-14(6-4-13)21(15,17)18/h3-6,11-12H,7-10H2,1-2H3,(H2,15,17,18)/t11-,12+/m1/s1. The normalized spacial score (nSPS) is 24.0. The first-order chi connectivity index (χ1) is 9.86. The number of hydrogen-bond donors (Lipinski definition) is 1. The van der Waals surface area contributed by atoms with Crippen LogP contribution in [-0.2, 0) is 14.8 Å². The minimum Gasteiger partial charge on any atom is -0.492 e. The summed E-state index contributed by atoms with van der Waals surface area (Å²) in [6, 6.07) is 6.51. The van der Waals surface area contributed by atoms with Crippen molar-refractivity contribution in [1.82, 2.24) is 4.90 Å². The molecule has 21 heavy (non-hydrogen) atoms. The molecule has 1 aliphatic rings. The quantitative estimate of drug-likeness (QED) is 0.870. The topological polar surface area (TPSA) is 81.9 Å². The van der Waals surface area contributed by atoms with Gasteiger partial charge in [-0.05, 0) is 38.1 Å². The summed E-state index contributed by atoms with van der Waals surface area (Å²) in [7, 11) is -3.65. The molecule has 1 fully saturated rings. The number of ether oxygens (including phenoxy) is 2. The molecule has 1 aromatic rings. The summed E-state index contributed by atoms with van der Waals surface area (Å²) in [6.07, 6.45) is 0.246. The Hall–Kier alpha value is -1.15. The maximum Gasteiger partial charge on any atom is 0.238 e. The van der Waals surface area contributed by atoms with Crippen molar-refractivity contribution in [3.8, 4) is 5.75 Å². The van der Waals surface area contributed by atoms with Crippen molar-refractivity contribution in [2.24, 2.45) is 5.14 Å². The van der Waals surface area contributed by atoms with Crippen LogP contribution in [0.25, 0.3) is 0 Å². The molecule has 1 aromatic carbocycles. The Morgan fingerprint density at radius 2 is 2.00 bits per heavy atom. The number of primary sulfonamides is 1. The van der Waals surface area contributed by atoms with Crippen LogP contribution in [0, 0.1) is 0 Å². The number of sulfonamides is 1.